The minimum Gasteiger partial charge on any atom is -0.493 e. The van der Waals surface area contributed by atoms with Crippen LogP contribution in [-0.4, -0.2) is 34.5 Å². The molecule has 0 aliphatic rings. The second-order valence-corrected chi connectivity index (χ2v) is 5.67. The number of nitrogens with one attached hydrogen (secondary N) is 2. The monoisotopic (exact) mass is 353 g/mol. The summed E-state index contributed by atoms with van der Waals surface area (Å²) in [6, 6.07) is 5.31. The molecule has 134 valence electrons. The van der Waals surface area contributed by atoms with Crippen molar-refractivity contribution in [3.05, 3.63) is 46.6 Å². The van der Waals surface area contributed by atoms with Crippen molar-refractivity contribution in [3.8, 4) is 17.0 Å². The summed E-state index contributed by atoms with van der Waals surface area (Å²) in [6.45, 7) is 2.39. The third kappa shape index (κ3) is 2.97. The molecule has 0 saturated heterocycles. The molecule has 8 nitrogen and oxygen atoms in total. The summed E-state index contributed by atoms with van der Waals surface area (Å²) in [4.78, 5) is 35.8. The van der Waals surface area contributed by atoms with Gasteiger partial charge in [-0.1, -0.05) is 25.1 Å². The lowest BCUT2D eigenvalue weighted by Crippen LogP contribution is -2.31. The lowest BCUT2D eigenvalue weighted by atomic mass is 10.0. The van der Waals surface area contributed by atoms with Crippen LogP contribution in [0.15, 0.2) is 35.5 Å². The fourth-order valence-electron chi connectivity index (χ4n) is 2.76. The molecule has 0 spiro atoms. The molecule has 0 fully saturated rings. The van der Waals surface area contributed by atoms with E-state index in [1.165, 1.54) is 19.6 Å². The van der Waals surface area contributed by atoms with Gasteiger partial charge in [0.1, 0.15) is 17.6 Å². The van der Waals surface area contributed by atoms with Gasteiger partial charge >= 0.3 is 0 Å². The molecule has 1 aromatic carbocycles. The number of rotatable bonds is 5. The van der Waals surface area contributed by atoms with Crippen LogP contribution in [0.1, 0.15) is 23.7 Å². The largest absolute Gasteiger partial charge is 0.493 e. The van der Waals surface area contributed by atoms with E-state index in [0.717, 1.165) is 6.42 Å². The van der Waals surface area contributed by atoms with Crippen LogP contribution < -0.4 is 21.3 Å². The first-order valence-corrected chi connectivity index (χ1v) is 8.15. The molecule has 0 unspecified atom stereocenters. The molecule has 1 amide bonds. The van der Waals surface area contributed by atoms with Crippen molar-refractivity contribution in [1.29, 1.82) is 0 Å². The molecule has 2 heterocycles. The number of amides is 1. The highest BCUT2D eigenvalue weighted by atomic mass is 16.5. The van der Waals surface area contributed by atoms with Gasteiger partial charge in [-0.15, -0.1) is 0 Å². The first kappa shape index (κ1) is 17.4. The number of fused-ring (bicyclic) bond motifs is 1. The highest BCUT2D eigenvalue weighted by Crippen LogP contribution is 2.33. The van der Waals surface area contributed by atoms with Crippen molar-refractivity contribution in [2.75, 3.05) is 19.4 Å². The Labute approximate surface area is 149 Å². The van der Waals surface area contributed by atoms with Crippen molar-refractivity contribution >= 4 is 22.5 Å². The average molecular weight is 353 g/mol. The van der Waals surface area contributed by atoms with Crippen LogP contribution >= 0.6 is 0 Å². The quantitative estimate of drug-likeness (QED) is 0.642. The molecule has 0 bridgehead atoms. The van der Waals surface area contributed by atoms with Gasteiger partial charge in [0.05, 0.1) is 24.5 Å². The number of hydrogen-bond acceptors (Lipinski definition) is 6. The van der Waals surface area contributed by atoms with E-state index in [-0.39, 0.29) is 11.3 Å². The Morgan fingerprint density at radius 3 is 2.92 bits per heavy atom. The zero-order valence-electron chi connectivity index (χ0n) is 14.5. The van der Waals surface area contributed by atoms with Crippen LogP contribution in [0.3, 0.4) is 0 Å². The van der Waals surface area contributed by atoms with E-state index in [1.54, 1.807) is 18.2 Å². The lowest BCUT2D eigenvalue weighted by molar-refractivity contribution is 0.0953. The fourth-order valence-corrected chi connectivity index (χ4v) is 2.76. The topological polar surface area (TPSA) is 123 Å². The third-order valence-electron chi connectivity index (χ3n) is 4.01. The van der Waals surface area contributed by atoms with E-state index in [2.05, 4.69) is 20.3 Å². The Morgan fingerprint density at radius 2 is 2.19 bits per heavy atom. The van der Waals surface area contributed by atoms with Crippen molar-refractivity contribution < 1.29 is 9.53 Å². The van der Waals surface area contributed by atoms with Gasteiger partial charge < -0.3 is 20.8 Å². The number of hydrogen-bond donors (Lipinski definition) is 3. The summed E-state index contributed by atoms with van der Waals surface area (Å²) < 4.78 is 5.30. The first-order valence-electron chi connectivity index (χ1n) is 8.15. The Hall–Kier alpha value is -3.42. The summed E-state index contributed by atoms with van der Waals surface area (Å²) in [5.74, 6) is -0.0262. The number of carbonyl (C=O) groups is 1. The molecule has 8 heteroatoms. The number of nitrogens with zero attached hydrogens (tertiary/aromatic N) is 2. The minimum atomic E-state index is -0.552. The van der Waals surface area contributed by atoms with Crippen molar-refractivity contribution in [2.24, 2.45) is 0 Å². The van der Waals surface area contributed by atoms with Gasteiger partial charge in [-0.3, -0.25) is 9.59 Å². The van der Waals surface area contributed by atoms with Gasteiger partial charge in [0.25, 0.3) is 11.5 Å². The molecule has 0 atom stereocenters. The number of anilines is 1. The second kappa shape index (κ2) is 7.22. The minimum absolute atomic E-state index is 0.0854. The maximum Gasteiger partial charge on any atom is 0.263 e. The molecule has 3 rings (SSSR count). The molecule has 2 aromatic heterocycles. The fraction of sp³-hybridized carbons (Fsp3) is 0.222. The highest BCUT2D eigenvalue weighted by molar-refractivity contribution is 6.08. The predicted molar refractivity (Wildman–Crippen MR) is 99.2 cm³/mol. The summed E-state index contributed by atoms with van der Waals surface area (Å²) >= 11 is 0. The van der Waals surface area contributed by atoms with Crippen molar-refractivity contribution in [3.63, 3.8) is 0 Å². The molecule has 0 aliphatic carbocycles. The van der Waals surface area contributed by atoms with Gasteiger partial charge in [-0.2, -0.15) is 0 Å². The molecule has 0 aliphatic heterocycles. The number of ether oxygens (including phenoxy) is 1. The number of H-pyrrole nitrogens is 1. The number of aromatic nitrogens is 3. The van der Waals surface area contributed by atoms with Gasteiger partial charge in [0.15, 0.2) is 5.75 Å². The second-order valence-electron chi connectivity index (χ2n) is 5.67. The van der Waals surface area contributed by atoms with Crippen LogP contribution in [0.4, 0.5) is 5.69 Å². The van der Waals surface area contributed by atoms with Gasteiger partial charge in [-0.05, 0) is 6.42 Å². The van der Waals surface area contributed by atoms with Crippen LogP contribution in [0.25, 0.3) is 22.2 Å². The van der Waals surface area contributed by atoms with Crippen molar-refractivity contribution in [1.82, 2.24) is 20.3 Å². The van der Waals surface area contributed by atoms with E-state index >= 15 is 0 Å². The number of benzene rings is 1. The summed E-state index contributed by atoms with van der Waals surface area (Å²) in [5, 5.41) is 3.24. The molecule has 4 N–H and O–H groups in total. The number of aromatic amines is 1. The average Bonchev–Trinajstić information content (AvgIpc) is 2.66. The Morgan fingerprint density at radius 1 is 1.38 bits per heavy atom. The number of nitrogen functional groups attached to an aromatic ring is 1. The standard InChI is InChI=1S/C18H19N5O3/c1-3-7-21-17(24)13-14(19)10-5-4-6-11(15(10)23-18(13)25)16-12(26-2)8-20-9-22-16/h4-6,8-9H,3,7H2,1-2H3,(H,21,24)(H3,19,23,25). The van der Waals surface area contributed by atoms with Gasteiger partial charge in [0, 0.05) is 17.5 Å². The van der Waals surface area contributed by atoms with Crippen molar-refractivity contribution in [2.45, 2.75) is 13.3 Å². The number of methoxy groups -OCH3 is 1. The Kier molecular flexibility index (Phi) is 4.83. The number of pyridine rings is 1. The molecule has 0 saturated carbocycles. The van der Waals surface area contributed by atoms with Crippen LogP contribution in [0.2, 0.25) is 0 Å². The number of carbonyl (C=O) groups excluding carboxylic acids is 1. The van der Waals surface area contributed by atoms with Crippen LogP contribution in [0.5, 0.6) is 5.75 Å². The maximum atomic E-state index is 12.5. The zero-order valence-corrected chi connectivity index (χ0v) is 14.5. The molecule has 0 radical (unpaired) electrons. The van der Waals surface area contributed by atoms with Crippen LogP contribution in [-0.2, 0) is 0 Å². The van der Waals surface area contributed by atoms with E-state index in [4.69, 9.17) is 10.5 Å². The SMILES string of the molecule is CCCNC(=O)c1c(N)c2cccc(-c3ncncc3OC)c2[nH]c1=O. The van der Waals surface area contributed by atoms with Gasteiger partial charge in [-0.25, -0.2) is 9.97 Å². The normalized spacial score (nSPS) is 10.7. The zero-order chi connectivity index (χ0) is 18.7. The summed E-state index contributed by atoms with van der Waals surface area (Å²) in [5.41, 5.74) is 7.30. The number of nitrogens with two attached hydrogens (primary N) is 1. The third-order valence-corrected chi connectivity index (χ3v) is 4.01. The molecule has 26 heavy (non-hydrogen) atoms. The highest BCUT2D eigenvalue weighted by Gasteiger charge is 2.20. The molecular weight excluding hydrogens is 334 g/mol. The van der Waals surface area contributed by atoms with Crippen LogP contribution in [0, 0.1) is 0 Å². The first-order chi connectivity index (χ1) is 12.6. The Bertz CT molecular complexity index is 1030. The molecule has 3 aromatic rings. The predicted octanol–water partition coefficient (Wildman–Crippen LogP) is 1.72. The summed E-state index contributed by atoms with van der Waals surface area (Å²) in [6.07, 6.45) is 3.69. The van der Waals surface area contributed by atoms with Gasteiger partial charge in [0.2, 0.25) is 0 Å². The number of para-hydroxylation sites is 1. The van der Waals surface area contributed by atoms with E-state index in [9.17, 15) is 9.59 Å². The summed E-state index contributed by atoms with van der Waals surface area (Å²) in [7, 11) is 1.51. The van der Waals surface area contributed by atoms with E-state index in [1.807, 2.05) is 6.92 Å². The van der Waals surface area contributed by atoms with E-state index in [0.29, 0.717) is 34.5 Å². The molecular formula is C18H19N5O3. The maximum absolute atomic E-state index is 12.5. The lowest BCUT2D eigenvalue weighted by Gasteiger charge is -2.13. The van der Waals surface area contributed by atoms with E-state index < -0.39 is 11.5 Å². The smallest absolute Gasteiger partial charge is 0.263 e. The Balaban J connectivity index is 2.24.